The van der Waals surface area contributed by atoms with Crippen LogP contribution in [-0.4, -0.2) is 40.4 Å². The molecule has 1 aromatic rings. The first-order valence-corrected chi connectivity index (χ1v) is 6.22. The maximum Gasteiger partial charge on any atom is 0.0492 e. The zero-order valence-electron chi connectivity index (χ0n) is 10.1. The number of aryl methyl sites for hydroxylation is 1. The lowest BCUT2D eigenvalue weighted by molar-refractivity contribution is 0.132. The molecule has 16 heavy (non-hydrogen) atoms. The van der Waals surface area contributed by atoms with E-state index in [1.807, 2.05) is 17.9 Å². The van der Waals surface area contributed by atoms with Crippen molar-refractivity contribution >= 4 is 0 Å². The van der Waals surface area contributed by atoms with E-state index in [9.17, 15) is 0 Å². The van der Waals surface area contributed by atoms with E-state index >= 15 is 0 Å². The molecule has 1 aliphatic rings. The second kappa shape index (κ2) is 5.46. The summed E-state index contributed by atoms with van der Waals surface area (Å²) in [4.78, 5) is 2.54. The van der Waals surface area contributed by atoms with E-state index in [-0.39, 0.29) is 0 Å². The number of aromatic nitrogens is 2. The molecule has 1 fully saturated rings. The molecule has 90 valence electrons. The van der Waals surface area contributed by atoms with Gasteiger partial charge in [0.15, 0.2) is 0 Å². The fourth-order valence-electron chi connectivity index (χ4n) is 2.30. The van der Waals surface area contributed by atoms with Gasteiger partial charge in [-0.15, -0.1) is 0 Å². The van der Waals surface area contributed by atoms with Gasteiger partial charge in [-0.05, 0) is 18.9 Å². The fraction of sp³-hybridized carbons (Fsp3) is 0.750. The standard InChI is InChI=1S/C12H22N4/c1-15-11(5-8-14-15)6-9-16(10-7-13)12-3-2-4-12/h5,8,12H,2-4,6-7,9-10,13H2,1H3. The van der Waals surface area contributed by atoms with E-state index in [1.165, 1.54) is 25.0 Å². The Hall–Kier alpha value is -0.870. The van der Waals surface area contributed by atoms with Gasteiger partial charge in [0.1, 0.15) is 0 Å². The van der Waals surface area contributed by atoms with Crippen LogP contribution in [0.15, 0.2) is 12.3 Å². The summed E-state index contributed by atoms with van der Waals surface area (Å²) in [7, 11) is 2.01. The van der Waals surface area contributed by atoms with Crippen LogP contribution in [0.2, 0.25) is 0 Å². The van der Waals surface area contributed by atoms with Crippen molar-refractivity contribution in [2.75, 3.05) is 19.6 Å². The van der Waals surface area contributed by atoms with E-state index in [0.717, 1.165) is 32.1 Å². The SMILES string of the molecule is Cn1nccc1CCN(CCN)C1CCC1. The minimum Gasteiger partial charge on any atom is -0.329 e. The fourth-order valence-corrected chi connectivity index (χ4v) is 2.30. The van der Waals surface area contributed by atoms with Gasteiger partial charge in [-0.1, -0.05) is 6.42 Å². The van der Waals surface area contributed by atoms with Crippen molar-refractivity contribution in [1.29, 1.82) is 0 Å². The minimum absolute atomic E-state index is 0.766. The summed E-state index contributed by atoms with van der Waals surface area (Å²) >= 11 is 0. The van der Waals surface area contributed by atoms with Crippen molar-refractivity contribution in [3.8, 4) is 0 Å². The van der Waals surface area contributed by atoms with Crippen LogP contribution in [-0.2, 0) is 13.5 Å². The van der Waals surface area contributed by atoms with Crippen molar-refractivity contribution in [2.45, 2.75) is 31.7 Å². The van der Waals surface area contributed by atoms with E-state index in [4.69, 9.17) is 5.73 Å². The summed E-state index contributed by atoms with van der Waals surface area (Å²) in [5.41, 5.74) is 6.97. The molecule has 0 spiro atoms. The molecule has 0 saturated heterocycles. The van der Waals surface area contributed by atoms with Crippen molar-refractivity contribution in [3.63, 3.8) is 0 Å². The molecule has 0 aliphatic heterocycles. The Morgan fingerprint density at radius 1 is 1.50 bits per heavy atom. The molecule has 1 saturated carbocycles. The maximum atomic E-state index is 5.67. The van der Waals surface area contributed by atoms with Gasteiger partial charge in [0.05, 0.1) is 0 Å². The Morgan fingerprint density at radius 2 is 2.31 bits per heavy atom. The molecule has 0 unspecified atom stereocenters. The van der Waals surface area contributed by atoms with Gasteiger partial charge in [-0.3, -0.25) is 9.58 Å². The highest BCUT2D eigenvalue weighted by Crippen LogP contribution is 2.24. The lowest BCUT2D eigenvalue weighted by Gasteiger charge is -2.37. The third-order valence-electron chi connectivity index (χ3n) is 3.59. The zero-order valence-corrected chi connectivity index (χ0v) is 10.1. The summed E-state index contributed by atoms with van der Waals surface area (Å²) in [6.07, 6.45) is 7.03. The molecule has 1 aliphatic carbocycles. The Morgan fingerprint density at radius 3 is 2.81 bits per heavy atom. The summed E-state index contributed by atoms with van der Waals surface area (Å²) in [5.74, 6) is 0. The van der Waals surface area contributed by atoms with Gasteiger partial charge in [0.2, 0.25) is 0 Å². The summed E-state index contributed by atoms with van der Waals surface area (Å²) < 4.78 is 1.96. The Labute approximate surface area is 97.4 Å². The van der Waals surface area contributed by atoms with Crippen LogP contribution < -0.4 is 5.73 Å². The molecule has 1 heterocycles. The smallest absolute Gasteiger partial charge is 0.0492 e. The predicted octanol–water partition coefficient (Wildman–Crippen LogP) is 0.776. The highest BCUT2D eigenvalue weighted by molar-refractivity contribution is 5.00. The van der Waals surface area contributed by atoms with Crippen molar-refractivity contribution in [3.05, 3.63) is 18.0 Å². The van der Waals surface area contributed by atoms with Crippen molar-refractivity contribution < 1.29 is 0 Å². The molecule has 0 bridgehead atoms. The van der Waals surface area contributed by atoms with Crippen LogP contribution in [0.5, 0.6) is 0 Å². The molecule has 0 aromatic carbocycles. The quantitative estimate of drug-likeness (QED) is 0.773. The second-order valence-electron chi connectivity index (χ2n) is 4.61. The average molecular weight is 222 g/mol. The van der Waals surface area contributed by atoms with Crippen molar-refractivity contribution in [2.24, 2.45) is 12.8 Å². The largest absolute Gasteiger partial charge is 0.329 e. The van der Waals surface area contributed by atoms with Crippen molar-refractivity contribution in [1.82, 2.24) is 14.7 Å². The molecule has 0 radical (unpaired) electrons. The number of hydrogen-bond acceptors (Lipinski definition) is 3. The molecule has 2 rings (SSSR count). The molecule has 2 N–H and O–H groups in total. The minimum atomic E-state index is 0.766. The van der Waals surface area contributed by atoms with E-state index < -0.39 is 0 Å². The summed E-state index contributed by atoms with van der Waals surface area (Å²) in [5, 5.41) is 4.19. The van der Waals surface area contributed by atoms with Gasteiger partial charge in [0.25, 0.3) is 0 Å². The third-order valence-corrected chi connectivity index (χ3v) is 3.59. The summed E-state index contributed by atoms with van der Waals surface area (Å²) in [6.45, 7) is 2.91. The number of hydrogen-bond donors (Lipinski definition) is 1. The normalized spacial score (nSPS) is 16.7. The van der Waals surface area contributed by atoms with Gasteiger partial charge in [-0.2, -0.15) is 5.10 Å². The van der Waals surface area contributed by atoms with Crippen LogP contribution >= 0.6 is 0 Å². The maximum absolute atomic E-state index is 5.67. The third kappa shape index (κ3) is 2.62. The van der Waals surface area contributed by atoms with Crippen LogP contribution in [0.3, 0.4) is 0 Å². The van der Waals surface area contributed by atoms with Gasteiger partial charge in [0, 0.05) is 51.0 Å². The number of nitrogens with two attached hydrogens (primary N) is 1. The van der Waals surface area contributed by atoms with E-state index in [0.29, 0.717) is 0 Å². The lowest BCUT2D eigenvalue weighted by Crippen LogP contribution is -2.43. The second-order valence-corrected chi connectivity index (χ2v) is 4.61. The Balaban J connectivity index is 1.83. The van der Waals surface area contributed by atoms with Crippen LogP contribution in [0.25, 0.3) is 0 Å². The van der Waals surface area contributed by atoms with Gasteiger partial charge in [-0.25, -0.2) is 0 Å². The molecule has 4 nitrogen and oxygen atoms in total. The first kappa shape index (κ1) is 11.6. The number of rotatable bonds is 6. The monoisotopic (exact) mass is 222 g/mol. The predicted molar refractivity (Wildman–Crippen MR) is 65.2 cm³/mol. The van der Waals surface area contributed by atoms with Crippen LogP contribution in [0.1, 0.15) is 25.0 Å². The highest BCUT2D eigenvalue weighted by Gasteiger charge is 2.23. The first-order valence-electron chi connectivity index (χ1n) is 6.22. The number of nitrogens with zero attached hydrogens (tertiary/aromatic N) is 3. The van der Waals surface area contributed by atoms with Gasteiger partial charge >= 0.3 is 0 Å². The average Bonchev–Trinajstić information content (AvgIpc) is 2.58. The summed E-state index contributed by atoms with van der Waals surface area (Å²) in [6, 6.07) is 2.89. The Bertz CT molecular complexity index is 317. The Kier molecular flexibility index (Phi) is 3.96. The zero-order chi connectivity index (χ0) is 11.4. The van der Waals surface area contributed by atoms with Crippen LogP contribution in [0, 0.1) is 0 Å². The van der Waals surface area contributed by atoms with Crippen LogP contribution in [0.4, 0.5) is 0 Å². The molecule has 1 aromatic heterocycles. The lowest BCUT2D eigenvalue weighted by atomic mass is 9.91. The molecule has 0 amide bonds. The molecular formula is C12H22N4. The first-order chi connectivity index (χ1) is 7.81. The molecular weight excluding hydrogens is 200 g/mol. The highest BCUT2D eigenvalue weighted by atomic mass is 15.3. The molecule has 4 heteroatoms. The van der Waals surface area contributed by atoms with E-state index in [1.54, 1.807) is 0 Å². The molecule has 0 atom stereocenters. The van der Waals surface area contributed by atoms with E-state index in [2.05, 4.69) is 16.1 Å². The topological polar surface area (TPSA) is 47.1 Å². The van der Waals surface area contributed by atoms with Gasteiger partial charge < -0.3 is 5.73 Å².